The Balaban J connectivity index is 2.00. The number of ether oxygens (including phenoxy) is 1. The molecule has 0 aliphatic carbocycles. The molecule has 0 spiro atoms. The number of methoxy groups -OCH3 is 1. The number of benzene rings is 1. The number of hydrogen-bond donors (Lipinski definition) is 0. The molecule has 0 aromatic heterocycles. The number of piperidine rings is 1. The predicted molar refractivity (Wildman–Crippen MR) is 97.6 cm³/mol. The van der Waals surface area contributed by atoms with Crippen LogP contribution < -0.4 is 4.74 Å². The quantitative estimate of drug-likeness (QED) is 0.733. The van der Waals surface area contributed by atoms with E-state index in [9.17, 15) is 4.79 Å². The molecule has 1 aromatic rings. The maximum absolute atomic E-state index is 12.4. The van der Waals surface area contributed by atoms with Crippen LogP contribution >= 0.6 is 15.9 Å². The Morgan fingerprint density at radius 2 is 2.13 bits per heavy atom. The summed E-state index contributed by atoms with van der Waals surface area (Å²) in [4.78, 5) is 16.7. The van der Waals surface area contributed by atoms with E-state index in [0.717, 1.165) is 48.3 Å². The van der Waals surface area contributed by atoms with Crippen LogP contribution in [0.5, 0.6) is 5.75 Å². The van der Waals surface area contributed by atoms with E-state index >= 15 is 0 Å². The Labute approximate surface area is 147 Å². The number of carbonyl (C=O) groups excluding carboxylic acids is 1. The van der Waals surface area contributed by atoms with Gasteiger partial charge in [-0.25, -0.2) is 0 Å². The summed E-state index contributed by atoms with van der Waals surface area (Å²) in [6, 6.07) is 6.09. The number of nitrogens with zero attached hydrogens (tertiary/aromatic N) is 2. The monoisotopic (exact) mass is 380 g/mol. The van der Waals surface area contributed by atoms with E-state index in [1.54, 1.807) is 13.2 Å². The minimum atomic E-state index is 0.0435. The van der Waals surface area contributed by atoms with Crippen molar-refractivity contribution in [2.75, 3.05) is 33.8 Å². The van der Waals surface area contributed by atoms with Gasteiger partial charge in [0.2, 0.25) is 5.91 Å². The summed E-state index contributed by atoms with van der Waals surface area (Å²) in [6.07, 6.45) is 5.55. The molecule has 0 saturated carbocycles. The molecule has 5 heteroatoms. The second-order valence-electron chi connectivity index (χ2n) is 5.83. The fourth-order valence-electron chi connectivity index (χ4n) is 2.92. The number of rotatable bonds is 5. The van der Waals surface area contributed by atoms with Gasteiger partial charge in [0.05, 0.1) is 7.11 Å². The Bertz CT molecular complexity index is 566. The van der Waals surface area contributed by atoms with Gasteiger partial charge in [0.15, 0.2) is 0 Å². The largest absolute Gasteiger partial charge is 0.496 e. The molecule has 0 N–H and O–H groups in total. The van der Waals surface area contributed by atoms with Crippen molar-refractivity contribution in [3.63, 3.8) is 0 Å². The zero-order valence-corrected chi connectivity index (χ0v) is 15.7. The number of likely N-dealkylation sites (N-methyl/N-ethyl adjacent to an activating group) is 1. The van der Waals surface area contributed by atoms with Crippen molar-refractivity contribution in [1.82, 2.24) is 9.80 Å². The van der Waals surface area contributed by atoms with E-state index in [0.29, 0.717) is 6.04 Å². The van der Waals surface area contributed by atoms with Crippen LogP contribution in [0.4, 0.5) is 0 Å². The van der Waals surface area contributed by atoms with Crippen LogP contribution in [-0.4, -0.2) is 55.5 Å². The van der Waals surface area contributed by atoms with E-state index in [2.05, 4.69) is 27.8 Å². The number of amides is 1. The molecule has 4 nitrogen and oxygen atoms in total. The Hall–Kier alpha value is -1.33. The third kappa shape index (κ3) is 4.82. The van der Waals surface area contributed by atoms with Gasteiger partial charge in [0.25, 0.3) is 0 Å². The van der Waals surface area contributed by atoms with Crippen molar-refractivity contribution < 1.29 is 9.53 Å². The molecule has 1 aliphatic heterocycles. The SMILES string of the molecule is CCN1CCC(N(C)C(=O)/C=C/c2cc(Br)ccc2OC)CC1. The first-order valence-corrected chi connectivity index (χ1v) is 8.85. The average molecular weight is 381 g/mol. The first kappa shape index (κ1) is 18.0. The first-order chi connectivity index (χ1) is 11.0. The lowest BCUT2D eigenvalue weighted by atomic mass is 10.0. The van der Waals surface area contributed by atoms with Crippen LogP contribution in [0.2, 0.25) is 0 Å². The highest BCUT2D eigenvalue weighted by Crippen LogP contribution is 2.24. The maximum Gasteiger partial charge on any atom is 0.246 e. The molecule has 1 fully saturated rings. The lowest BCUT2D eigenvalue weighted by molar-refractivity contribution is -0.127. The van der Waals surface area contributed by atoms with Gasteiger partial charge in [-0.05, 0) is 43.7 Å². The molecular formula is C18H25BrN2O2. The molecule has 0 unspecified atom stereocenters. The van der Waals surface area contributed by atoms with E-state index in [1.165, 1.54) is 0 Å². The van der Waals surface area contributed by atoms with Crippen LogP contribution in [0, 0.1) is 0 Å². The van der Waals surface area contributed by atoms with Crippen LogP contribution in [0.15, 0.2) is 28.7 Å². The zero-order valence-electron chi connectivity index (χ0n) is 14.1. The fraction of sp³-hybridized carbons (Fsp3) is 0.500. The average Bonchev–Trinajstić information content (AvgIpc) is 2.59. The summed E-state index contributed by atoms with van der Waals surface area (Å²) in [5.74, 6) is 0.804. The fourth-order valence-corrected chi connectivity index (χ4v) is 3.30. The highest BCUT2D eigenvalue weighted by molar-refractivity contribution is 9.10. The topological polar surface area (TPSA) is 32.8 Å². The van der Waals surface area contributed by atoms with Crippen LogP contribution in [0.1, 0.15) is 25.3 Å². The second kappa shape index (κ2) is 8.50. The highest BCUT2D eigenvalue weighted by Gasteiger charge is 2.23. The molecule has 126 valence electrons. The first-order valence-electron chi connectivity index (χ1n) is 8.06. The van der Waals surface area contributed by atoms with Crippen LogP contribution in [0.3, 0.4) is 0 Å². The van der Waals surface area contributed by atoms with Gasteiger partial charge in [-0.15, -0.1) is 0 Å². The van der Waals surface area contributed by atoms with Gasteiger partial charge in [-0.3, -0.25) is 4.79 Å². The number of halogens is 1. The lowest BCUT2D eigenvalue weighted by Gasteiger charge is -2.35. The second-order valence-corrected chi connectivity index (χ2v) is 6.75. The third-order valence-corrected chi connectivity index (χ3v) is 4.99. The predicted octanol–water partition coefficient (Wildman–Crippen LogP) is 3.41. The van der Waals surface area contributed by atoms with Crippen molar-refractivity contribution in [1.29, 1.82) is 0 Å². The van der Waals surface area contributed by atoms with Gasteiger partial charge in [-0.2, -0.15) is 0 Å². The van der Waals surface area contributed by atoms with Gasteiger partial charge in [0.1, 0.15) is 5.75 Å². The van der Waals surface area contributed by atoms with E-state index in [-0.39, 0.29) is 5.91 Å². The molecule has 2 rings (SSSR count). The molecule has 0 bridgehead atoms. The van der Waals surface area contributed by atoms with Crippen LogP contribution in [-0.2, 0) is 4.79 Å². The standard InChI is InChI=1S/C18H25BrN2O2/c1-4-21-11-9-16(10-12-21)20(2)18(22)8-5-14-13-15(19)6-7-17(14)23-3/h5-8,13,16H,4,9-12H2,1-3H3/b8-5+. The summed E-state index contributed by atoms with van der Waals surface area (Å²) >= 11 is 3.45. The Morgan fingerprint density at radius 1 is 1.43 bits per heavy atom. The summed E-state index contributed by atoms with van der Waals surface area (Å²) in [5, 5.41) is 0. The van der Waals surface area contributed by atoms with Gasteiger partial charge in [0, 0.05) is 42.3 Å². The van der Waals surface area contributed by atoms with Gasteiger partial charge in [-0.1, -0.05) is 22.9 Å². The summed E-state index contributed by atoms with van der Waals surface area (Å²) < 4.78 is 6.29. The zero-order chi connectivity index (χ0) is 16.8. The van der Waals surface area contributed by atoms with Crippen molar-refractivity contribution in [2.45, 2.75) is 25.8 Å². The molecule has 1 saturated heterocycles. The normalized spacial score (nSPS) is 16.7. The highest BCUT2D eigenvalue weighted by atomic mass is 79.9. The molecule has 1 heterocycles. The number of carbonyl (C=O) groups is 1. The third-order valence-electron chi connectivity index (χ3n) is 4.50. The van der Waals surface area contributed by atoms with Crippen molar-refractivity contribution >= 4 is 27.9 Å². The number of hydrogen-bond acceptors (Lipinski definition) is 3. The molecule has 1 aromatic carbocycles. The van der Waals surface area contributed by atoms with E-state index in [4.69, 9.17) is 4.74 Å². The van der Waals surface area contributed by atoms with E-state index in [1.807, 2.05) is 36.2 Å². The van der Waals surface area contributed by atoms with Crippen molar-refractivity contribution in [3.8, 4) is 5.75 Å². The molecule has 1 amide bonds. The molecule has 1 aliphatic rings. The van der Waals surface area contributed by atoms with Gasteiger partial charge < -0.3 is 14.5 Å². The van der Waals surface area contributed by atoms with E-state index < -0.39 is 0 Å². The summed E-state index contributed by atoms with van der Waals surface area (Å²) in [7, 11) is 3.53. The maximum atomic E-state index is 12.4. The summed E-state index contributed by atoms with van der Waals surface area (Å²) in [5.41, 5.74) is 0.893. The Morgan fingerprint density at radius 3 is 2.74 bits per heavy atom. The number of likely N-dealkylation sites (tertiary alicyclic amines) is 1. The molecule has 0 radical (unpaired) electrons. The van der Waals surface area contributed by atoms with Crippen LogP contribution in [0.25, 0.3) is 6.08 Å². The minimum Gasteiger partial charge on any atom is -0.496 e. The molecule has 23 heavy (non-hydrogen) atoms. The Kier molecular flexibility index (Phi) is 6.66. The molecular weight excluding hydrogens is 356 g/mol. The lowest BCUT2D eigenvalue weighted by Crippen LogP contribution is -2.45. The van der Waals surface area contributed by atoms with Crippen molar-refractivity contribution in [3.05, 3.63) is 34.3 Å². The summed E-state index contributed by atoms with van der Waals surface area (Å²) in [6.45, 7) is 5.42. The van der Waals surface area contributed by atoms with Crippen molar-refractivity contribution in [2.24, 2.45) is 0 Å². The smallest absolute Gasteiger partial charge is 0.246 e. The van der Waals surface area contributed by atoms with Gasteiger partial charge >= 0.3 is 0 Å². The molecule has 0 atom stereocenters. The minimum absolute atomic E-state index is 0.0435.